The number of alkyl halides is 3. The van der Waals surface area contributed by atoms with Crippen LogP contribution in [0.3, 0.4) is 0 Å². The summed E-state index contributed by atoms with van der Waals surface area (Å²) >= 11 is 0. The van der Waals surface area contributed by atoms with E-state index in [4.69, 9.17) is 0 Å². The summed E-state index contributed by atoms with van der Waals surface area (Å²) in [6.07, 6.45) is 0.0232. The van der Waals surface area contributed by atoms with Crippen LogP contribution < -0.4 is 5.32 Å². The highest BCUT2D eigenvalue weighted by Gasteiger charge is 2.30. The molecule has 5 rings (SSSR count). The number of hydrogen-bond donors (Lipinski definition) is 2. The minimum absolute atomic E-state index is 0. The third-order valence-corrected chi connectivity index (χ3v) is 6.18. The third-order valence-electron chi connectivity index (χ3n) is 6.18. The van der Waals surface area contributed by atoms with E-state index >= 15 is 0 Å². The second-order valence-corrected chi connectivity index (χ2v) is 8.55. The average Bonchev–Trinajstić information content (AvgIpc) is 3.37. The summed E-state index contributed by atoms with van der Waals surface area (Å²) in [4.78, 5) is 22.9. The third kappa shape index (κ3) is 5.61. The van der Waals surface area contributed by atoms with Gasteiger partial charge in [-0.1, -0.05) is 36.4 Å². The molecule has 1 aliphatic heterocycles. The molecule has 1 amide bonds. The zero-order chi connectivity index (χ0) is 24.4. The first-order chi connectivity index (χ1) is 16.9. The minimum atomic E-state index is -4.41. The zero-order valence-corrected chi connectivity index (χ0v) is 20.0. The van der Waals surface area contributed by atoms with Crippen molar-refractivity contribution in [3.8, 4) is 11.1 Å². The summed E-state index contributed by atoms with van der Waals surface area (Å²) < 4.78 is 38.8. The Labute approximate surface area is 212 Å². The number of aromatic nitrogens is 2. The highest BCUT2D eigenvalue weighted by atomic mass is 35.5. The molecule has 3 aromatic carbocycles. The smallest absolute Gasteiger partial charge is 0.348 e. The molecule has 0 radical (unpaired) electrons. The second kappa shape index (κ2) is 10.6. The van der Waals surface area contributed by atoms with Crippen molar-refractivity contribution in [3.63, 3.8) is 0 Å². The van der Waals surface area contributed by atoms with Gasteiger partial charge in [0.1, 0.15) is 5.82 Å². The van der Waals surface area contributed by atoms with E-state index in [2.05, 4.69) is 20.2 Å². The van der Waals surface area contributed by atoms with E-state index in [1.807, 2.05) is 24.4 Å². The molecule has 5 nitrogen and oxygen atoms in total. The van der Waals surface area contributed by atoms with Gasteiger partial charge in [0.25, 0.3) is 5.91 Å². The summed E-state index contributed by atoms with van der Waals surface area (Å²) in [7, 11) is 0. The number of fused-ring (bicyclic) bond motifs is 1. The number of rotatable bonds is 5. The number of anilines is 1. The SMILES string of the molecule is Cl.O=C(Nc1ccc2c(c1)CCN(Cc1ncc[nH]1)C2)c1ccccc1-c1ccc(C(F)(F)F)cc1. The van der Waals surface area contributed by atoms with Crippen LogP contribution in [0.2, 0.25) is 0 Å². The van der Waals surface area contributed by atoms with Gasteiger partial charge in [-0.05, 0) is 59.0 Å². The Bertz CT molecular complexity index is 1340. The summed E-state index contributed by atoms with van der Waals surface area (Å²) in [5, 5.41) is 2.95. The highest BCUT2D eigenvalue weighted by molar-refractivity contribution is 6.08. The largest absolute Gasteiger partial charge is 0.416 e. The molecule has 1 aliphatic rings. The number of H-pyrrole nitrogens is 1. The van der Waals surface area contributed by atoms with Gasteiger partial charge in [0.15, 0.2) is 0 Å². The lowest BCUT2D eigenvalue weighted by Gasteiger charge is -2.28. The van der Waals surface area contributed by atoms with Gasteiger partial charge in [-0.3, -0.25) is 9.69 Å². The maximum Gasteiger partial charge on any atom is 0.416 e. The van der Waals surface area contributed by atoms with E-state index in [1.54, 1.807) is 30.5 Å². The Kier molecular flexibility index (Phi) is 7.47. The Balaban J connectivity index is 0.00000304. The van der Waals surface area contributed by atoms with Crippen molar-refractivity contribution >= 4 is 24.0 Å². The minimum Gasteiger partial charge on any atom is -0.348 e. The van der Waals surface area contributed by atoms with Crippen LogP contribution in [0.25, 0.3) is 11.1 Å². The molecule has 0 spiro atoms. The van der Waals surface area contributed by atoms with Crippen LogP contribution in [0.1, 0.15) is 32.9 Å². The molecule has 36 heavy (non-hydrogen) atoms. The van der Waals surface area contributed by atoms with Crippen molar-refractivity contribution in [3.05, 3.63) is 107 Å². The van der Waals surface area contributed by atoms with Crippen LogP contribution >= 0.6 is 12.4 Å². The molecule has 2 heterocycles. The Morgan fingerprint density at radius 2 is 1.81 bits per heavy atom. The lowest BCUT2D eigenvalue weighted by Crippen LogP contribution is -2.30. The normalized spacial score (nSPS) is 13.5. The number of benzene rings is 3. The number of nitrogens with zero attached hydrogens (tertiary/aromatic N) is 2. The number of imidazole rings is 1. The fourth-order valence-electron chi connectivity index (χ4n) is 4.39. The second-order valence-electron chi connectivity index (χ2n) is 8.55. The van der Waals surface area contributed by atoms with Crippen molar-refractivity contribution in [2.75, 3.05) is 11.9 Å². The van der Waals surface area contributed by atoms with E-state index in [9.17, 15) is 18.0 Å². The quantitative estimate of drug-likeness (QED) is 0.328. The summed E-state index contributed by atoms with van der Waals surface area (Å²) in [5.74, 6) is 0.625. The number of hydrogen-bond acceptors (Lipinski definition) is 3. The first-order valence-electron chi connectivity index (χ1n) is 11.3. The molecule has 2 N–H and O–H groups in total. The van der Waals surface area contributed by atoms with Gasteiger partial charge in [-0.15, -0.1) is 12.4 Å². The van der Waals surface area contributed by atoms with E-state index in [1.165, 1.54) is 23.3 Å². The molecule has 0 bridgehead atoms. The lowest BCUT2D eigenvalue weighted by molar-refractivity contribution is -0.137. The van der Waals surface area contributed by atoms with E-state index in [-0.39, 0.29) is 18.3 Å². The zero-order valence-electron chi connectivity index (χ0n) is 19.2. The van der Waals surface area contributed by atoms with Gasteiger partial charge < -0.3 is 10.3 Å². The van der Waals surface area contributed by atoms with Crippen molar-refractivity contribution < 1.29 is 18.0 Å². The maximum absolute atomic E-state index is 13.1. The summed E-state index contributed by atoms with van der Waals surface area (Å²) in [6.45, 7) is 2.45. The Morgan fingerprint density at radius 1 is 1.03 bits per heavy atom. The summed E-state index contributed by atoms with van der Waals surface area (Å²) in [5.41, 5.74) is 3.89. The first kappa shape index (κ1) is 25.5. The molecule has 0 atom stereocenters. The molecule has 0 fully saturated rings. The van der Waals surface area contributed by atoms with E-state index in [0.29, 0.717) is 22.4 Å². The van der Waals surface area contributed by atoms with Gasteiger partial charge in [-0.2, -0.15) is 13.2 Å². The first-order valence-corrected chi connectivity index (χ1v) is 11.3. The van der Waals surface area contributed by atoms with Crippen LogP contribution in [-0.4, -0.2) is 27.3 Å². The van der Waals surface area contributed by atoms with Crippen LogP contribution in [0.5, 0.6) is 0 Å². The standard InChI is InChI=1S/C27H23F3N4O.ClH/c28-27(29,30)21-8-5-18(6-9-21)23-3-1-2-4-24(23)26(35)33-22-10-7-20-16-34(14-11-19(20)15-22)17-25-31-12-13-32-25;/h1-10,12-13,15H,11,14,16-17H2,(H,31,32)(H,33,35);1H. The van der Waals surface area contributed by atoms with E-state index < -0.39 is 11.7 Å². The summed E-state index contributed by atoms with van der Waals surface area (Å²) in [6, 6.07) is 17.7. The highest BCUT2D eigenvalue weighted by Crippen LogP contribution is 2.32. The van der Waals surface area contributed by atoms with Gasteiger partial charge in [-0.25, -0.2) is 4.98 Å². The molecule has 0 aliphatic carbocycles. The predicted molar refractivity (Wildman–Crippen MR) is 135 cm³/mol. The topological polar surface area (TPSA) is 61.0 Å². The molecule has 0 saturated heterocycles. The molecule has 0 unspecified atom stereocenters. The van der Waals surface area contributed by atoms with Crippen LogP contribution in [0, 0.1) is 0 Å². The van der Waals surface area contributed by atoms with Gasteiger partial charge in [0.05, 0.1) is 12.1 Å². The van der Waals surface area contributed by atoms with Crippen molar-refractivity contribution in [2.45, 2.75) is 25.7 Å². The average molecular weight is 513 g/mol. The maximum atomic E-state index is 13.1. The monoisotopic (exact) mass is 512 g/mol. The van der Waals surface area contributed by atoms with Crippen LogP contribution in [-0.2, 0) is 25.7 Å². The number of aromatic amines is 1. The number of carbonyl (C=O) groups is 1. The Hall–Kier alpha value is -3.62. The molecular weight excluding hydrogens is 489 g/mol. The molecule has 1 aromatic heterocycles. The molecule has 186 valence electrons. The van der Waals surface area contributed by atoms with Gasteiger partial charge >= 0.3 is 6.18 Å². The van der Waals surface area contributed by atoms with Gasteiger partial charge in [0.2, 0.25) is 0 Å². The number of halogens is 4. The predicted octanol–water partition coefficient (Wildman–Crippen LogP) is 6.33. The molecule has 4 aromatic rings. The molecular formula is C27H24ClF3N4O. The number of carbonyl (C=O) groups excluding carboxylic acids is 1. The van der Waals surface area contributed by atoms with Crippen molar-refractivity contribution in [1.29, 1.82) is 0 Å². The van der Waals surface area contributed by atoms with Crippen molar-refractivity contribution in [2.24, 2.45) is 0 Å². The lowest BCUT2D eigenvalue weighted by atomic mass is 9.97. The van der Waals surface area contributed by atoms with Crippen LogP contribution in [0.15, 0.2) is 79.1 Å². The van der Waals surface area contributed by atoms with Gasteiger partial charge in [0, 0.05) is 36.7 Å². The van der Waals surface area contributed by atoms with E-state index in [0.717, 1.165) is 44.0 Å². The Morgan fingerprint density at radius 3 is 2.53 bits per heavy atom. The van der Waals surface area contributed by atoms with Crippen LogP contribution in [0.4, 0.5) is 18.9 Å². The fraction of sp³-hybridized carbons (Fsp3) is 0.185. The number of nitrogens with one attached hydrogen (secondary N) is 2. The molecule has 0 saturated carbocycles. The molecule has 9 heteroatoms. The number of amides is 1. The van der Waals surface area contributed by atoms with Crippen molar-refractivity contribution in [1.82, 2.24) is 14.9 Å². The fourth-order valence-corrected chi connectivity index (χ4v) is 4.39.